The molecule has 22 heavy (non-hydrogen) atoms. The molecule has 0 unspecified atom stereocenters. The third-order valence-corrected chi connectivity index (χ3v) is 3.16. The molecule has 0 aliphatic heterocycles. The van der Waals surface area contributed by atoms with E-state index >= 15 is 0 Å². The molecular weight excluding hydrogens is 280 g/mol. The SMILES string of the molecule is CCOc1ccccc1-c1nc2c(C#N)ccnc2c(=O)[nH]1. The fourth-order valence-electron chi connectivity index (χ4n) is 2.20. The lowest BCUT2D eigenvalue weighted by Gasteiger charge is -2.09. The minimum Gasteiger partial charge on any atom is -0.493 e. The molecule has 108 valence electrons. The van der Waals surface area contributed by atoms with Crippen molar-refractivity contribution >= 4 is 11.0 Å². The first-order valence-corrected chi connectivity index (χ1v) is 6.76. The van der Waals surface area contributed by atoms with Crippen molar-refractivity contribution < 1.29 is 4.74 Å². The summed E-state index contributed by atoms with van der Waals surface area (Å²) in [5.41, 5.74) is 1.03. The lowest BCUT2D eigenvalue weighted by Crippen LogP contribution is -2.12. The Bertz CT molecular complexity index is 941. The van der Waals surface area contributed by atoms with Gasteiger partial charge in [0.15, 0.2) is 5.52 Å². The number of hydrogen-bond donors (Lipinski definition) is 1. The van der Waals surface area contributed by atoms with Crippen LogP contribution in [0.3, 0.4) is 0 Å². The molecule has 0 fully saturated rings. The maximum atomic E-state index is 12.2. The van der Waals surface area contributed by atoms with E-state index in [1.54, 1.807) is 12.1 Å². The average molecular weight is 292 g/mol. The van der Waals surface area contributed by atoms with E-state index in [1.807, 2.05) is 25.1 Å². The zero-order valence-corrected chi connectivity index (χ0v) is 11.8. The Hall–Kier alpha value is -3.20. The van der Waals surface area contributed by atoms with E-state index in [-0.39, 0.29) is 16.6 Å². The van der Waals surface area contributed by atoms with Crippen LogP contribution in [0.15, 0.2) is 41.3 Å². The lowest BCUT2D eigenvalue weighted by molar-refractivity contribution is 0.341. The van der Waals surface area contributed by atoms with Crippen LogP contribution in [0.1, 0.15) is 12.5 Å². The van der Waals surface area contributed by atoms with Crippen LogP contribution in [0.2, 0.25) is 0 Å². The zero-order valence-electron chi connectivity index (χ0n) is 11.8. The number of H-pyrrole nitrogens is 1. The standard InChI is InChI=1S/C16H12N4O2/c1-2-22-12-6-4-3-5-11(12)15-19-13-10(9-17)7-8-18-14(13)16(21)20-15/h3-8H,2H2,1H3,(H,19,20,21). The number of nitrogens with one attached hydrogen (secondary N) is 1. The monoisotopic (exact) mass is 292 g/mol. The van der Waals surface area contributed by atoms with Crippen LogP contribution in [0.4, 0.5) is 0 Å². The van der Waals surface area contributed by atoms with Crippen molar-refractivity contribution in [1.82, 2.24) is 15.0 Å². The molecule has 0 saturated carbocycles. The predicted molar refractivity (Wildman–Crippen MR) is 81.5 cm³/mol. The van der Waals surface area contributed by atoms with Crippen LogP contribution >= 0.6 is 0 Å². The summed E-state index contributed by atoms with van der Waals surface area (Å²) < 4.78 is 5.56. The van der Waals surface area contributed by atoms with E-state index in [0.29, 0.717) is 29.3 Å². The van der Waals surface area contributed by atoms with Gasteiger partial charge in [-0.05, 0) is 25.1 Å². The Balaban J connectivity index is 2.30. The van der Waals surface area contributed by atoms with Crippen molar-refractivity contribution in [2.75, 3.05) is 6.61 Å². The van der Waals surface area contributed by atoms with Gasteiger partial charge in [0.1, 0.15) is 23.2 Å². The van der Waals surface area contributed by atoms with Gasteiger partial charge >= 0.3 is 0 Å². The van der Waals surface area contributed by atoms with E-state index in [0.717, 1.165) is 0 Å². The van der Waals surface area contributed by atoms with Crippen molar-refractivity contribution in [3.05, 3.63) is 52.4 Å². The summed E-state index contributed by atoms with van der Waals surface area (Å²) in [6, 6.07) is 10.8. The molecule has 6 nitrogen and oxygen atoms in total. The third-order valence-electron chi connectivity index (χ3n) is 3.16. The van der Waals surface area contributed by atoms with Gasteiger partial charge in [0.2, 0.25) is 0 Å². The molecule has 0 aliphatic rings. The number of rotatable bonds is 3. The normalized spacial score (nSPS) is 10.4. The minimum absolute atomic E-state index is 0.150. The smallest absolute Gasteiger partial charge is 0.277 e. The van der Waals surface area contributed by atoms with E-state index in [4.69, 9.17) is 4.74 Å². The molecule has 0 atom stereocenters. The number of ether oxygens (including phenoxy) is 1. The van der Waals surface area contributed by atoms with Gasteiger partial charge < -0.3 is 9.72 Å². The zero-order chi connectivity index (χ0) is 15.5. The molecule has 2 aromatic heterocycles. The first-order valence-electron chi connectivity index (χ1n) is 6.76. The van der Waals surface area contributed by atoms with E-state index in [9.17, 15) is 10.1 Å². The highest BCUT2D eigenvalue weighted by Gasteiger charge is 2.13. The summed E-state index contributed by atoms with van der Waals surface area (Å²) in [5.74, 6) is 0.973. The average Bonchev–Trinajstić information content (AvgIpc) is 2.55. The number of aromatic amines is 1. The molecule has 0 aliphatic carbocycles. The van der Waals surface area contributed by atoms with Crippen LogP contribution in [0.5, 0.6) is 5.75 Å². The molecule has 0 radical (unpaired) electrons. The Morgan fingerprint density at radius 1 is 1.27 bits per heavy atom. The summed E-state index contributed by atoms with van der Waals surface area (Å²) in [5, 5.41) is 9.17. The predicted octanol–water partition coefficient (Wildman–Crippen LogP) is 2.26. The molecule has 0 amide bonds. The number of nitriles is 1. The number of hydrogen-bond acceptors (Lipinski definition) is 5. The minimum atomic E-state index is -0.386. The van der Waals surface area contributed by atoms with Gasteiger partial charge in [-0.25, -0.2) is 9.97 Å². The highest BCUT2D eigenvalue weighted by molar-refractivity contribution is 5.81. The highest BCUT2D eigenvalue weighted by atomic mass is 16.5. The van der Waals surface area contributed by atoms with Gasteiger partial charge in [-0.3, -0.25) is 4.79 Å². The molecule has 1 aromatic carbocycles. The maximum Gasteiger partial charge on any atom is 0.277 e. The summed E-state index contributed by atoms with van der Waals surface area (Å²) in [6.07, 6.45) is 1.42. The first kappa shape index (κ1) is 13.8. The molecule has 0 bridgehead atoms. The number of nitrogens with zero attached hydrogens (tertiary/aromatic N) is 3. The van der Waals surface area contributed by atoms with Gasteiger partial charge in [-0.2, -0.15) is 5.26 Å². The van der Waals surface area contributed by atoms with Gasteiger partial charge in [0.25, 0.3) is 5.56 Å². The highest BCUT2D eigenvalue weighted by Crippen LogP contribution is 2.27. The van der Waals surface area contributed by atoms with Gasteiger partial charge in [0.05, 0.1) is 17.7 Å². The lowest BCUT2D eigenvalue weighted by atomic mass is 10.1. The number of aromatic nitrogens is 3. The summed E-state index contributed by atoms with van der Waals surface area (Å²) in [6.45, 7) is 2.38. The molecule has 0 saturated heterocycles. The topological polar surface area (TPSA) is 91.7 Å². The van der Waals surface area contributed by atoms with E-state index in [1.165, 1.54) is 12.3 Å². The van der Waals surface area contributed by atoms with Crippen molar-refractivity contribution in [1.29, 1.82) is 5.26 Å². The van der Waals surface area contributed by atoms with Crippen molar-refractivity contribution in [3.63, 3.8) is 0 Å². The summed E-state index contributed by atoms with van der Waals surface area (Å²) in [7, 11) is 0. The molecule has 3 rings (SSSR count). The van der Waals surface area contributed by atoms with Crippen molar-refractivity contribution in [3.8, 4) is 23.2 Å². The van der Waals surface area contributed by atoms with Crippen LogP contribution in [-0.4, -0.2) is 21.6 Å². The fraction of sp³-hybridized carbons (Fsp3) is 0.125. The molecule has 0 spiro atoms. The molecule has 1 N–H and O–H groups in total. The number of pyridine rings is 1. The summed E-state index contributed by atoms with van der Waals surface area (Å²) >= 11 is 0. The summed E-state index contributed by atoms with van der Waals surface area (Å²) in [4.78, 5) is 23.3. The van der Waals surface area contributed by atoms with Gasteiger partial charge in [0, 0.05) is 6.20 Å². The van der Waals surface area contributed by atoms with Crippen LogP contribution in [0.25, 0.3) is 22.4 Å². The van der Waals surface area contributed by atoms with Crippen molar-refractivity contribution in [2.45, 2.75) is 6.92 Å². The van der Waals surface area contributed by atoms with Crippen LogP contribution in [-0.2, 0) is 0 Å². The molecule has 3 aromatic rings. The number of para-hydroxylation sites is 1. The number of fused-ring (bicyclic) bond motifs is 1. The molecule has 2 heterocycles. The van der Waals surface area contributed by atoms with Crippen LogP contribution < -0.4 is 10.3 Å². The second-order valence-electron chi connectivity index (χ2n) is 4.51. The second-order valence-corrected chi connectivity index (χ2v) is 4.51. The quantitative estimate of drug-likeness (QED) is 0.799. The van der Waals surface area contributed by atoms with Gasteiger partial charge in [-0.15, -0.1) is 0 Å². The second kappa shape index (κ2) is 5.66. The largest absolute Gasteiger partial charge is 0.493 e. The Kier molecular flexibility index (Phi) is 3.54. The first-order chi connectivity index (χ1) is 10.7. The van der Waals surface area contributed by atoms with E-state index < -0.39 is 0 Å². The van der Waals surface area contributed by atoms with Crippen molar-refractivity contribution in [2.24, 2.45) is 0 Å². The van der Waals surface area contributed by atoms with Crippen LogP contribution in [0, 0.1) is 11.3 Å². The van der Waals surface area contributed by atoms with E-state index in [2.05, 4.69) is 15.0 Å². The Morgan fingerprint density at radius 3 is 2.86 bits per heavy atom. The molecule has 6 heteroatoms. The third kappa shape index (κ3) is 2.29. The molecular formula is C16H12N4O2. The Labute approximate surface area is 126 Å². The maximum absolute atomic E-state index is 12.2. The van der Waals surface area contributed by atoms with Gasteiger partial charge in [-0.1, -0.05) is 12.1 Å². The number of benzene rings is 1. The Morgan fingerprint density at radius 2 is 2.09 bits per heavy atom. The fourth-order valence-corrected chi connectivity index (χ4v) is 2.20.